The van der Waals surface area contributed by atoms with E-state index in [1.165, 1.54) is 6.92 Å². The first kappa shape index (κ1) is 12.9. The Kier molecular flexibility index (Phi) is 4.68. The molecule has 4 heteroatoms. The fourth-order valence-corrected chi connectivity index (χ4v) is 1.71. The molecule has 0 aliphatic heterocycles. The molecule has 1 rings (SSSR count). The summed E-state index contributed by atoms with van der Waals surface area (Å²) in [6.07, 6.45) is -0.807. The third kappa shape index (κ3) is 3.17. The van der Waals surface area contributed by atoms with E-state index in [0.717, 1.165) is 11.1 Å². The Bertz CT molecular complexity index is 401. The number of ether oxygens (including phenoxy) is 1. The van der Waals surface area contributed by atoms with Crippen LogP contribution in [0.2, 0.25) is 0 Å². The third-order valence-electron chi connectivity index (χ3n) is 2.18. The fraction of sp³-hybridized carbons (Fsp3) is 0.333. The van der Waals surface area contributed by atoms with Crippen LogP contribution in [0.5, 0.6) is 0 Å². The summed E-state index contributed by atoms with van der Waals surface area (Å²) >= 11 is 3.09. The second-order valence-electron chi connectivity index (χ2n) is 3.45. The number of carbonyl (C=O) groups excluding carboxylic acids is 2. The van der Waals surface area contributed by atoms with Crippen LogP contribution in [0.3, 0.4) is 0 Å². The molecule has 0 saturated carbocycles. The first-order chi connectivity index (χ1) is 7.56. The van der Waals surface area contributed by atoms with Gasteiger partial charge in [-0.3, -0.25) is 9.59 Å². The summed E-state index contributed by atoms with van der Waals surface area (Å²) in [5.41, 5.74) is 1.67. The van der Waals surface area contributed by atoms with Crippen molar-refractivity contribution in [2.75, 3.05) is 5.33 Å². The summed E-state index contributed by atoms with van der Waals surface area (Å²) in [5, 5.41) is 0.166. The Balaban J connectivity index is 3.06. The quantitative estimate of drug-likeness (QED) is 0.630. The monoisotopic (exact) mass is 284 g/mol. The lowest BCUT2D eigenvalue weighted by Gasteiger charge is -2.17. The molecule has 0 saturated heterocycles. The second kappa shape index (κ2) is 5.80. The molecule has 0 aromatic heterocycles. The third-order valence-corrected chi connectivity index (χ3v) is 2.73. The molecular weight excluding hydrogens is 272 g/mol. The van der Waals surface area contributed by atoms with E-state index in [1.54, 1.807) is 6.07 Å². The summed E-state index contributed by atoms with van der Waals surface area (Å²) < 4.78 is 5.05. The molecule has 0 aliphatic carbocycles. The Labute approximate surface area is 103 Å². The number of aryl methyl sites for hydroxylation is 1. The van der Waals surface area contributed by atoms with Crippen molar-refractivity contribution in [2.24, 2.45) is 0 Å². The first-order valence-corrected chi connectivity index (χ1v) is 6.00. The SMILES string of the molecule is CC(=O)OC(C(=O)CBr)c1ccccc1C. The minimum absolute atomic E-state index is 0.163. The molecule has 0 spiro atoms. The van der Waals surface area contributed by atoms with E-state index in [-0.39, 0.29) is 11.1 Å². The van der Waals surface area contributed by atoms with Gasteiger partial charge in [-0.25, -0.2) is 0 Å². The maximum Gasteiger partial charge on any atom is 0.303 e. The van der Waals surface area contributed by atoms with Gasteiger partial charge in [0.25, 0.3) is 0 Å². The van der Waals surface area contributed by atoms with Gasteiger partial charge in [-0.05, 0) is 12.5 Å². The van der Waals surface area contributed by atoms with Gasteiger partial charge in [-0.1, -0.05) is 40.2 Å². The van der Waals surface area contributed by atoms with Crippen molar-refractivity contribution >= 4 is 27.7 Å². The molecule has 1 aromatic carbocycles. The van der Waals surface area contributed by atoms with Gasteiger partial charge in [0.2, 0.25) is 0 Å². The van der Waals surface area contributed by atoms with Crippen molar-refractivity contribution in [1.82, 2.24) is 0 Å². The maximum absolute atomic E-state index is 11.7. The standard InChI is InChI=1S/C12H13BrO3/c1-8-5-3-4-6-10(8)12(11(15)7-13)16-9(2)14/h3-6,12H,7H2,1-2H3. The molecule has 3 nitrogen and oxygen atoms in total. The van der Waals surface area contributed by atoms with Crippen molar-refractivity contribution < 1.29 is 14.3 Å². The van der Waals surface area contributed by atoms with Gasteiger partial charge in [-0.2, -0.15) is 0 Å². The molecule has 0 aliphatic rings. The van der Waals surface area contributed by atoms with Crippen molar-refractivity contribution in [1.29, 1.82) is 0 Å². The largest absolute Gasteiger partial charge is 0.450 e. The van der Waals surface area contributed by atoms with Crippen molar-refractivity contribution in [3.63, 3.8) is 0 Å². The lowest BCUT2D eigenvalue weighted by Crippen LogP contribution is -2.20. The zero-order valence-electron chi connectivity index (χ0n) is 9.20. The highest BCUT2D eigenvalue weighted by Gasteiger charge is 2.23. The summed E-state index contributed by atoms with van der Waals surface area (Å²) in [5.74, 6) is -0.618. The lowest BCUT2D eigenvalue weighted by atomic mass is 10.0. The normalized spacial score (nSPS) is 11.9. The summed E-state index contributed by atoms with van der Waals surface area (Å²) in [6.45, 7) is 3.18. The summed E-state index contributed by atoms with van der Waals surface area (Å²) in [6, 6.07) is 7.37. The molecular formula is C12H13BrO3. The van der Waals surface area contributed by atoms with Gasteiger partial charge in [0, 0.05) is 12.5 Å². The highest BCUT2D eigenvalue weighted by molar-refractivity contribution is 9.09. The van der Waals surface area contributed by atoms with Crippen LogP contribution in [-0.2, 0) is 14.3 Å². The second-order valence-corrected chi connectivity index (χ2v) is 4.01. The van der Waals surface area contributed by atoms with Gasteiger partial charge in [0.15, 0.2) is 11.9 Å². The lowest BCUT2D eigenvalue weighted by molar-refractivity contribution is -0.152. The van der Waals surface area contributed by atoms with Gasteiger partial charge in [0.1, 0.15) is 0 Å². The van der Waals surface area contributed by atoms with Gasteiger partial charge >= 0.3 is 5.97 Å². The maximum atomic E-state index is 11.7. The van der Waals surface area contributed by atoms with Gasteiger partial charge in [-0.15, -0.1) is 0 Å². The molecule has 1 aromatic rings. The predicted molar refractivity (Wildman–Crippen MR) is 64.5 cm³/mol. The number of alkyl halides is 1. The van der Waals surface area contributed by atoms with Crippen LogP contribution < -0.4 is 0 Å². The predicted octanol–water partition coefficient (Wildman–Crippen LogP) is 2.56. The fourth-order valence-electron chi connectivity index (χ4n) is 1.42. The van der Waals surface area contributed by atoms with Crippen molar-refractivity contribution in [3.8, 4) is 0 Å². The van der Waals surface area contributed by atoms with Gasteiger partial charge in [0.05, 0.1) is 5.33 Å². The number of carbonyl (C=O) groups is 2. The molecule has 0 fully saturated rings. The minimum Gasteiger partial charge on any atom is -0.450 e. The van der Waals surface area contributed by atoms with E-state index < -0.39 is 12.1 Å². The Hall–Kier alpha value is -1.16. The molecule has 1 atom stereocenters. The molecule has 86 valence electrons. The van der Waals surface area contributed by atoms with Crippen LogP contribution in [0.4, 0.5) is 0 Å². The molecule has 0 heterocycles. The van der Waals surface area contributed by atoms with Crippen LogP contribution in [0.25, 0.3) is 0 Å². The number of benzene rings is 1. The summed E-state index contributed by atoms with van der Waals surface area (Å²) in [4.78, 5) is 22.6. The van der Waals surface area contributed by atoms with E-state index in [9.17, 15) is 9.59 Å². The first-order valence-electron chi connectivity index (χ1n) is 4.87. The summed E-state index contributed by atoms with van der Waals surface area (Å²) in [7, 11) is 0. The number of ketones is 1. The van der Waals surface area contributed by atoms with Crippen molar-refractivity contribution in [3.05, 3.63) is 35.4 Å². The molecule has 0 bridgehead atoms. The zero-order chi connectivity index (χ0) is 12.1. The highest BCUT2D eigenvalue weighted by atomic mass is 79.9. The van der Waals surface area contributed by atoms with Crippen molar-refractivity contribution in [2.45, 2.75) is 20.0 Å². The van der Waals surface area contributed by atoms with E-state index in [1.807, 2.05) is 25.1 Å². The van der Waals surface area contributed by atoms with Crippen LogP contribution >= 0.6 is 15.9 Å². The van der Waals surface area contributed by atoms with E-state index >= 15 is 0 Å². The van der Waals surface area contributed by atoms with Crippen LogP contribution in [0.15, 0.2) is 24.3 Å². The Morgan fingerprint density at radius 1 is 1.38 bits per heavy atom. The topological polar surface area (TPSA) is 43.4 Å². The zero-order valence-corrected chi connectivity index (χ0v) is 10.8. The van der Waals surface area contributed by atoms with E-state index in [0.29, 0.717) is 0 Å². The number of esters is 1. The van der Waals surface area contributed by atoms with E-state index in [2.05, 4.69) is 15.9 Å². The van der Waals surface area contributed by atoms with Crippen LogP contribution in [0.1, 0.15) is 24.2 Å². The molecule has 0 amide bonds. The molecule has 1 unspecified atom stereocenters. The highest BCUT2D eigenvalue weighted by Crippen LogP contribution is 2.22. The van der Waals surface area contributed by atoms with Gasteiger partial charge < -0.3 is 4.74 Å². The number of halogens is 1. The Morgan fingerprint density at radius 3 is 2.50 bits per heavy atom. The number of hydrogen-bond donors (Lipinski definition) is 0. The molecule has 0 radical (unpaired) electrons. The number of hydrogen-bond acceptors (Lipinski definition) is 3. The minimum atomic E-state index is -0.807. The smallest absolute Gasteiger partial charge is 0.303 e. The van der Waals surface area contributed by atoms with Crippen LogP contribution in [-0.4, -0.2) is 17.1 Å². The Morgan fingerprint density at radius 2 is 2.00 bits per heavy atom. The molecule has 16 heavy (non-hydrogen) atoms. The molecule has 0 N–H and O–H groups in total. The average molecular weight is 285 g/mol. The van der Waals surface area contributed by atoms with E-state index in [4.69, 9.17) is 4.74 Å². The number of rotatable bonds is 4. The number of Topliss-reactive ketones (excluding diaryl/α,β-unsaturated/α-hetero) is 1. The van der Waals surface area contributed by atoms with Crippen LogP contribution in [0, 0.1) is 6.92 Å². The average Bonchev–Trinajstić information content (AvgIpc) is 2.26.